The molecule has 3 rings (SSSR count). The molecule has 132 valence electrons. The molecule has 2 heterocycles. The zero-order valence-corrected chi connectivity index (χ0v) is 15.5. The summed E-state index contributed by atoms with van der Waals surface area (Å²) in [7, 11) is 0. The Balaban J connectivity index is 1.74. The zero-order chi connectivity index (χ0) is 18.5. The number of rotatable bonds is 5. The van der Waals surface area contributed by atoms with Crippen molar-refractivity contribution in [1.82, 2.24) is 20.4 Å². The number of nitrogens with zero attached hydrogens (tertiary/aromatic N) is 3. The van der Waals surface area contributed by atoms with Crippen LogP contribution in [-0.4, -0.2) is 20.9 Å². The van der Waals surface area contributed by atoms with Crippen molar-refractivity contribution in [3.63, 3.8) is 0 Å². The fourth-order valence-corrected chi connectivity index (χ4v) is 2.66. The second-order valence-corrected chi connectivity index (χ2v) is 6.22. The minimum absolute atomic E-state index is 0.208. The average molecular weight is 435 g/mol. The van der Waals surface area contributed by atoms with E-state index in [1.165, 1.54) is 6.33 Å². The number of nitrogen functional groups attached to an aromatic ring is 1. The number of nitrogens with two attached hydrogens (primary N) is 1. The molecule has 1 amide bonds. The molecule has 0 saturated heterocycles. The highest BCUT2D eigenvalue weighted by Gasteiger charge is 2.13. The van der Waals surface area contributed by atoms with Gasteiger partial charge in [0.2, 0.25) is 0 Å². The van der Waals surface area contributed by atoms with E-state index >= 15 is 0 Å². The summed E-state index contributed by atoms with van der Waals surface area (Å²) < 4.78 is 0.670. The van der Waals surface area contributed by atoms with E-state index in [4.69, 9.17) is 17.3 Å². The van der Waals surface area contributed by atoms with Gasteiger partial charge in [-0.25, -0.2) is 15.0 Å². The van der Waals surface area contributed by atoms with Crippen molar-refractivity contribution in [2.24, 2.45) is 0 Å². The molecule has 0 radical (unpaired) electrons. The number of amides is 1. The quantitative estimate of drug-likeness (QED) is 0.359. The maximum Gasteiger partial charge on any atom is 0.270 e. The van der Waals surface area contributed by atoms with Crippen LogP contribution >= 0.6 is 27.5 Å². The number of aromatic nitrogens is 3. The molecule has 0 fully saturated rings. The molecule has 10 heteroatoms. The molecule has 0 saturated carbocycles. The van der Waals surface area contributed by atoms with Crippen molar-refractivity contribution < 1.29 is 4.79 Å². The number of hydrogen-bond donors (Lipinski definition) is 4. The maximum absolute atomic E-state index is 12.2. The summed E-state index contributed by atoms with van der Waals surface area (Å²) in [5.41, 5.74) is 12.5. The summed E-state index contributed by atoms with van der Waals surface area (Å²) in [4.78, 5) is 24.3. The van der Waals surface area contributed by atoms with Crippen LogP contribution in [0.25, 0.3) is 0 Å². The highest BCUT2D eigenvalue weighted by atomic mass is 79.9. The van der Waals surface area contributed by atoms with Gasteiger partial charge in [-0.3, -0.25) is 15.6 Å². The minimum Gasteiger partial charge on any atom is -0.393 e. The van der Waals surface area contributed by atoms with Crippen LogP contribution < -0.4 is 21.9 Å². The van der Waals surface area contributed by atoms with Crippen LogP contribution in [0.1, 0.15) is 10.4 Å². The first kappa shape index (κ1) is 17.9. The van der Waals surface area contributed by atoms with E-state index in [0.717, 1.165) is 0 Å². The van der Waals surface area contributed by atoms with Crippen molar-refractivity contribution in [3.05, 3.63) is 64.1 Å². The van der Waals surface area contributed by atoms with Crippen LogP contribution in [0.5, 0.6) is 0 Å². The number of pyridine rings is 1. The Labute approximate surface area is 162 Å². The highest BCUT2D eigenvalue weighted by molar-refractivity contribution is 9.10. The van der Waals surface area contributed by atoms with Crippen molar-refractivity contribution in [2.75, 3.05) is 16.5 Å². The second-order valence-electron chi connectivity index (χ2n) is 5.01. The molecule has 8 nitrogen and oxygen atoms in total. The van der Waals surface area contributed by atoms with E-state index in [0.29, 0.717) is 21.5 Å². The molecule has 0 aliphatic rings. The molecule has 0 aliphatic carbocycles. The molecular formula is C16H13BrClN7O. The third kappa shape index (κ3) is 4.01. The Hall–Kier alpha value is -2.91. The van der Waals surface area contributed by atoms with Crippen LogP contribution in [0.15, 0.2) is 53.4 Å². The third-order valence-corrected chi connectivity index (χ3v) is 4.30. The van der Waals surface area contributed by atoms with Crippen molar-refractivity contribution in [3.8, 4) is 0 Å². The Morgan fingerprint density at radius 2 is 1.85 bits per heavy atom. The molecule has 0 aliphatic heterocycles. The number of benzene rings is 1. The fraction of sp³-hybridized carbons (Fsp3) is 0. The SMILES string of the molecule is Nc1c(NNC(=O)c2ccccc2Br)ncnc1Nc1cccnc1Cl. The van der Waals surface area contributed by atoms with E-state index in [9.17, 15) is 4.79 Å². The molecule has 5 N–H and O–H groups in total. The Morgan fingerprint density at radius 3 is 2.62 bits per heavy atom. The van der Waals surface area contributed by atoms with Crippen LogP contribution in [0.4, 0.5) is 23.0 Å². The lowest BCUT2D eigenvalue weighted by atomic mass is 10.2. The molecule has 0 atom stereocenters. The summed E-state index contributed by atoms with van der Waals surface area (Å²) in [6.07, 6.45) is 2.87. The average Bonchev–Trinajstić information content (AvgIpc) is 2.64. The van der Waals surface area contributed by atoms with E-state index in [-0.39, 0.29) is 22.6 Å². The summed E-state index contributed by atoms with van der Waals surface area (Å²) in [6.45, 7) is 0. The molecular weight excluding hydrogens is 422 g/mol. The monoisotopic (exact) mass is 433 g/mol. The van der Waals surface area contributed by atoms with Gasteiger partial charge >= 0.3 is 0 Å². The van der Waals surface area contributed by atoms with Gasteiger partial charge in [0.15, 0.2) is 16.8 Å². The Morgan fingerprint density at radius 1 is 1.08 bits per heavy atom. The largest absolute Gasteiger partial charge is 0.393 e. The van der Waals surface area contributed by atoms with E-state index < -0.39 is 0 Å². The first-order valence-corrected chi connectivity index (χ1v) is 8.52. The van der Waals surface area contributed by atoms with Crippen molar-refractivity contribution in [1.29, 1.82) is 0 Å². The number of halogens is 2. The van der Waals surface area contributed by atoms with Crippen molar-refractivity contribution >= 4 is 56.4 Å². The predicted molar refractivity (Wildman–Crippen MR) is 104 cm³/mol. The predicted octanol–water partition coefficient (Wildman–Crippen LogP) is 3.37. The first-order valence-electron chi connectivity index (χ1n) is 7.35. The van der Waals surface area contributed by atoms with Crippen LogP contribution in [0.3, 0.4) is 0 Å². The molecule has 1 aromatic carbocycles. The topological polar surface area (TPSA) is 118 Å². The summed E-state index contributed by atoms with van der Waals surface area (Å²) >= 11 is 9.34. The molecule has 0 bridgehead atoms. The van der Waals surface area contributed by atoms with Gasteiger partial charge in [0.05, 0.1) is 11.3 Å². The molecule has 2 aromatic heterocycles. The van der Waals surface area contributed by atoms with Gasteiger partial charge in [0, 0.05) is 10.7 Å². The van der Waals surface area contributed by atoms with Crippen LogP contribution in [0.2, 0.25) is 5.15 Å². The standard InChI is InChI=1S/C16H13BrClN7O/c17-10-5-2-1-4-9(10)16(26)25-24-15-12(19)14(21-8-22-15)23-11-6-3-7-20-13(11)18/h1-8H,19H2,(H,25,26)(H2,21,22,23,24). The third-order valence-electron chi connectivity index (χ3n) is 3.31. The summed E-state index contributed by atoms with van der Waals surface area (Å²) in [6, 6.07) is 10.5. The van der Waals surface area contributed by atoms with E-state index in [1.807, 2.05) is 6.07 Å². The van der Waals surface area contributed by atoms with Gasteiger partial charge in [-0.2, -0.15) is 0 Å². The maximum atomic E-state index is 12.2. The highest BCUT2D eigenvalue weighted by Crippen LogP contribution is 2.28. The Bertz CT molecular complexity index is 953. The van der Waals surface area contributed by atoms with Gasteiger partial charge in [0.25, 0.3) is 5.91 Å². The summed E-state index contributed by atoms with van der Waals surface area (Å²) in [5, 5.41) is 3.26. The molecule has 0 unspecified atom stereocenters. The second kappa shape index (κ2) is 7.98. The van der Waals surface area contributed by atoms with Gasteiger partial charge in [-0.1, -0.05) is 23.7 Å². The Kier molecular flexibility index (Phi) is 5.49. The van der Waals surface area contributed by atoms with Gasteiger partial charge in [-0.05, 0) is 40.2 Å². The normalized spacial score (nSPS) is 10.2. The van der Waals surface area contributed by atoms with Gasteiger partial charge < -0.3 is 11.1 Å². The van der Waals surface area contributed by atoms with Gasteiger partial charge in [0.1, 0.15) is 12.0 Å². The van der Waals surface area contributed by atoms with Crippen molar-refractivity contribution in [2.45, 2.75) is 0 Å². The smallest absolute Gasteiger partial charge is 0.270 e. The van der Waals surface area contributed by atoms with E-state index in [1.54, 1.807) is 36.5 Å². The van der Waals surface area contributed by atoms with E-state index in [2.05, 4.69) is 47.1 Å². The first-order chi connectivity index (χ1) is 12.6. The number of nitrogens with one attached hydrogen (secondary N) is 3. The van der Waals surface area contributed by atoms with Crippen LogP contribution in [0, 0.1) is 0 Å². The van der Waals surface area contributed by atoms with Crippen LogP contribution in [-0.2, 0) is 0 Å². The fourth-order valence-electron chi connectivity index (χ4n) is 2.03. The lowest BCUT2D eigenvalue weighted by Crippen LogP contribution is -2.30. The minimum atomic E-state index is -0.347. The lowest BCUT2D eigenvalue weighted by molar-refractivity contribution is 0.0962. The number of hydrazine groups is 1. The number of carbonyl (C=O) groups is 1. The molecule has 26 heavy (non-hydrogen) atoms. The number of anilines is 4. The molecule has 0 spiro atoms. The number of carbonyl (C=O) groups excluding carboxylic acids is 1. The lowest BCUT2D eigenvalue weighted by Gasteiger charge is -2.13. The number of hydrogen-bond acceptors (Lipinski definition) is 7. The molecule has 3 aromatic rings. The summed E-state index contributed by atoms with van der Waals surface area (Å²) in [5.74, 6) is 0.218. The van der Waals surface area contributed by atoms with Gasteiger partial charge in [-0.15, -0.1) is 0 Å². The zero-order valence-electron chi connectivity index (χ0n) is 13.2.